The minimum Gasteiger partial charge on any atom is -0.300 e. The number of hydrogen-bond donors (Lipinski definition) is 0. The van der Waals surface area contributed by atoms with Gasteiger partial charge in [0.1, 0.15) is 5.78 Å². The van der Waals surface area contributed by atoms with Crippen molar-refractivity contribution in [3.05, 3.63) is 42.5 Å². The van der Waals surface area contributed by atoms with Crippen molar-refractivity contribution >= 4 is 17.5 Å². The summed E-state index contributed by atoms with van der Waals surface area (Å²) in [5, 5.41) is 0. The van der Waals surface area contributed by atoms with E-state index in [0.29, 0.717) is 5.78 Å². The van der Waals surface area contributed by atoms with Gasteiger partial charge < -0.3 is 4.79 Å². The van der Waals surface area contributed by atoms with Gasteiger partial charge in [-0.1, -0.05) is 43.2 Å². The Bertz CT molecular complexity index is 417. The van der Waals surface area contributed by atoms with Crippen molar-refractivity contribution in [2.75, 3.05) is 5.75 Å². The lowest BCUT2D eigenvalue weighted by Gasteiger charge is -2.10. The highest BCUT2D eigenvalue weighted by atomic mass is 32.2. The van der Waals surface area contributed by atoms with E-state index in [1.54, 1.807) is 6.92 Å². The third-order valence-corrected chi connectivity index (χ3v) is 4.84. The smallest absolute Gasteiger partial charge is 0.129 e. The molecule has 0 heterocycles. The number of allylic oxidation sites excluding steroid dienone is 1. The van der Waals surface area contributed by atoms with Gasteiger partial charge in [0.25, 0.3) is 0 Å². The Balaban J connectivity index is 0.000000287. The van der Waals surface area contributed by atoms with Crippen LogP contribution in [0.15, 0.2) is 47.4 Å². The van der Waals surface area contributed by atoms with Gasteiger partial charge in [-0.3, -0.25) is 0 Å². The number of rotatable bonds is 7. The molecule has 1 saturated carbocycles. The van der Waals surface area contributed by atoms with Crippen molar-refractivity contribution in [3.63, 3.8) is 0 Å². The highest BCUT2D eigenvalue weighted by molar-refractivity contribution is 7.99. The molecule has 0 aliphatic heterocycles. The summed E-state index contributed by atoms with van der Waals surface area (Å²) in [6.45, 7) is 5.58. The molecule has 0 N–H and O–H groups in total. The molecule has 0 radical (unpaired) electrons. The average Bonchev–Trinajstić information content (AvgIpc) is 2.53. The van der Waals surface area contributed by atoms with Gasteiger partial charge in [0.05, 0.1) is 0 Å². The fourth-order valence-corrected chi connectivity index (χ4v) is 3.35. The zero-order valence-electron chi connectivity index (χ0n) is 14.0. The van der Waals surface area contributed by atoms with Crippen molar-refractivity contribution in [1.29, 1.82) is 0 Å². The summed E-state index contributed by atoms with van der Waals surface area (Å²) in [7, 11) is 0. The second-order valence-corrected chi connectivity index (χ2v) is 7.15. The maximum absolute atomic E-state index is 10.7. The number of carbonyl (C=O) groups excluding carboxylic acids is 1. The second-order valence-electron chi connectivity index (χ2n) is 5.98. The van der Waals surface area contributed by atoms with Crippen LogP contribution in [-0.2, 0) is 4.79 Å². The Hall–Kier alpha value is -1.02. The molecule has 122 valence electrons. The molecule has 1 fully saturated rings. The zero-order valence-corrected chi connectivity index (χ0v) is 14.8. The van der Waals surface area contributed by atoms with Crippen LogP contribution in [0, 0.1) is 0 Å². The third kappa shape index (κ3) is 10.7. The molecule has 0 bridgehead atoms. The summed E-state index contributed by atoms with van der Waals surface area (Å²) < 4.78 is 0. The molecule has 0 amide bonds. The zero-order chi connectivity index (χ0) is 16.0. The number of carbonyl (C=O) groups is 1. The van der Waals surface area contributed by atoms with Crippen molar-refractivity contribution in [1.82, 2.24) is 0 Å². The van der Waals surface area contributed by atoms with E-state index in [0.717, 1.165) is 18.6 Å². The number of thioether (sulfide) groups is 1. The second kappa shape index (κ2) is 12.5. The van der Waals surface area contributed by atoms with Gasteiger partial charge >= 0.3 is 0 Å². The quantitative estimate of drug-likeness (QED) is 0.327. The molecule has 2 rings (SSSR count). The van der Waals surface area contributed by atoms with Gasteiger partial charge in [-0.15, -0.1) is 11.8 Å². The minimum atomic E-state index is 0.311. The van der Waals surface area contributed by atoms with Crippen LogP contribution in [0.3, 0.4) is 0 Å². The Labute approximate surface area is 140 Å². The van der Waals surface area contributed by atoms with E-state index in [4.69, 9.17) is 0 Å². The van der Waals surface area contributed by atoms with Crippen LogP contribution in [0.5, 0.6) is 0 Å². The average molecular weight is 319 g/mol. The van der Waals surface area contributed by atoms with Crippen LogP contribution >= 0.6 is 11.8 Å². The lowest BCUT2D eigenvalue weighted by molar-refractivity contribution is -0.117. The fraction of sp³-hybridized carbons (Fsp3) is 0.550. The van der Waals surface area contributed by atoms with E-state index >= 15 is 0 Å². The van der Waals surface area contributed by atoms with E-state index in [9.17, 15) is 4.79 Å². The highest BCUT2D eigenvalue weighted by Gasteiger charge is 2.00. The molecule has 1 aromatic rings. The fourth-order valence-electron chi connectivity index (χ4n) is 2.41. The summed E-state index contributed by atoms with van der Waals surface area (Å²) >= 11 is 1.89. The number of unbranched alkanes of at least 4 members (excludes halogenated alkanes) is 2. The lowest BCUT2D eigenvalue weighted by Crippen LogP contribution is -1.90. The molecule has 1 nitrogen and oxygen atoms in total. The summed E-state index contributed by atoms with van der Waals surface area (Å²) in [6, 6.07) is 10.5. The van der Waals surface area contributed by atoms with E-state index in [1.165, 1.54) is 55.4 Å². The molecular weight excluding hydrogens is 288 g/mol. The minimum absolute atomic E-state index is 0.311. The molecule has 2 heteroatoms. The first kappa shape index (κ1) is 19.0. The predicted octanol–water partition coefficient (Wildman–Crippen LogP) is 6.43. The number of hydrogen-bond acceptors (Lipinski definition) is 2. The van der Waals surface area contributed by atoms with Crippen LogP contribution < -0.4 is 0 Å². The highest BCUT2D eigenvalue weighted by Crippen LogP contribution is 2.20. The van der Waals surface area contributed by atoms with Gasteiger partial charge in [0, 0.05) is 11.3 Å². The molecule has 0 spiro atoms. The van der Waals surface area contributed by atoms with E-state index < -0.39 is 0 Å². The Morgan fingerprint density at radius 2 is 1.73 bits per heavy atom. The standard InChI is InChI=1S/C13H18OS.C7H12/c1-12(14)8-4-3-7-11-15-13-9-5-2-6-10-13;1-7-5-3-2-4-6-7/h2,5-6,9-10H,3-4,7-8,11H2,1H3;1-6H2. The molecule has 22 heavy (non-hydrogen) atoms. The summed E-state index contributed by atoms with van der Waals surface area (Å²) in [5.41, 5.74) is 1.46. The van der Waals surface area contributed by atoms with Crippen LogP contribution in [0.2, 0.25) is 0 Å². The Kier molecular flexibility index (Phi) is 10.8. The van der Waals surface area contributed by atoms with Gasteiger partial charge in [0.15, 0.2) is 0 Å². The van der Waals surface area contributed by atoms with Gasteiger partial charge in [-0.05, 0) is 63.3 Å². The van der Waals surface area contributed by atoms with Crippen LogP contribution in [0.1, 0.15) is 64.7 Å². The van der Waals surface area contributed by atoms with Gasteiger partial charge in [-0.25, -0.2) is 0 Å². The molecule has 1 aliphatic rings. The number of benzene rings is 1. The largest absolute Gasteiger partial charge is 0.300 e. The summed E-state index contributed by atoms with van der Waals surface area (Å²) in [6.07, 6.45) is 10.9. The molecule has 1 aliphatic carbocycles. The van der Waals surface area contributed by atoms with E-state index in [-0.39, 0.29) is 0 Å². The topological polar surface area (TPSA) is 17.1 Å². The van der Waals surface area contributed by atoms with Crippen molar-refractivity contribution in [2.45, 2.75) is 69.6 Å². The molecule has 0 atom stereocenters. The molecular formula is C20H30OS. The van der Waals surface area contributed by atoms with Crippen LogP contribution in [0.4, 0.5) is 0 Å². The first-order chi connectivity index (χ1) is 10.7. The predicted molar refractivity (Wildman–Crippen MR) is 98.5 cm³/mol. The SMILES string of the molecule is C=C1CCCCC1.CC(=O)CCCCCSc1ccccc1. The Morgan fingerprint density at radius 3 is 2.27 bits per heavy atom. The lowest BCUT2D eigenvalue weighted by atomic mass is 9.97. The molecule has 0 saturated heterocycles. The van der Waals surface area contributed by atoms with E-state index in [2.05, 4.69) is 30.8 Å². The van der Waals surface area contributed by atoms with Crippen LogP contribution in [-0.4, -0.2) is 11.5 Å². The first-order valence-corrected chi connectivity index (χ1v) is 9.51. The maximum Gasteiger partial charge on any atom is 0.129 e. The van der Waals surface area contributed by atoms with Gasteiger partial charge in [0.2, 0.25) is 0 Å². The molecule has 0 unspecified atom stereocenters. The number of ketones is 1. The summed E-state index contributed by atoms with van der Waals surface area (Å²) in [5.74, 6) is 1.47. The Morgan fingerprint density at radius 1 is 1.05 bits per heavy atom. The van der Waals surface area contributed by atoms with Crippen LogP contribution in [0.25, 0.3) is 0 Å². The van der Waals surface area contributed by atoms with Crippen molar-refractivity contribution < 1.29 is 4.79 Å². The maximum atomic E-state index is 10.7. The first-order valence-electron chi connectivity index (χ1n) is 8.52. The monoisotopic (exact) mass is 318 g/mol. The van der Waals surface area contributed by atoms with Crippen molar-refractivity contribution in [3.8, 4) is 0 Å². The van der Waals surface area contributed by atoms with Crippen molar-refractivity contribution in [2.24, 2.45) is 0 Å². The van der Waals surface area contributed by atoms with E-state index in [1.807, 2.05) is 17.8 Å². The summed E-state index contributed by atoms with van der Waals surface area (Å²) in [4.78, 5) is 12.0. The molecule has 0 aromatic heterocycles. The third-order valence-electron chi connectivity index (χ3n) is 3.75. The molecule has 1 aromatic carbocycles. The normalized spacial score (nSPS) is 14.1. The van der Waals surface area contributed by atoms with Gasteiger partial charge in [-0.2, -0.15) is 0 Å². The number of Topliss-reactive ketones (excluding diaryl/α,β-unsaturated/α-hetero) is 1.